The van der Waals surface area contributed by atoms with Crippen molar-refractivity contribution >= 4 is 23.1 Å². The summed E-state index contributed by atoms with van der Waals surface area (Å²) in [6.07, 6.45) is 6.42. The Hall–Kier alpha value is -2.89. The molecule has 1 aromatic carbocycles. The van der Waals surface area contributed by atoms with Gasteiger partial charge in [0.15, 0.2) is 11.5 Å². The van der Waals surface area contributed by atoms with E-state index in [9.17, 15) is 0 Å². The molecule has 3 aromatic rings. The summed E-state index contributed by atoms with van der Waals surface area (Å²) < 4.78 is 5.31. The van der Waals surface area contributed by atoms with Crippen LogP contribution in [0.4, 0.5) is 5.69 Å². The number of ether oxygens (including phenoxy) is 1. The molecule has 0 bridgehead atoms. The Morgan fingerprint density at radius 1 is 1.14 bits per heavy atom. The van der Waals surface area contributed by atoms with E-state index >= 15 is 0 Å². The van der Waals surface area contributed by atoms with Gasteiger partial charge in [0.05, 0.1) is 19.5 Å². The lowest BCUT2D eigenvalue weighted by Crippen LogP contribution is -1.96. The van der Waals surface area contributed by atoms with Crippen molar-refractivity contribution in [2.24, 2.45) is 4.99 Å². The molecule has 0 unspecified atom stereocenters. The van der Waals surface area contributed by atoms with Gasteiger partial charge in [-0.15, -0.1) is 0 Å². The third-order valence-electron chi connectivity index (χ3n) is 2.90. The van der Waals surface area contributed by atoms with Gasteiger partial charge in [-0.1, -0.05) is 6.07 Å². The van der Waals surface area contributed by atoms with Crippen LogP contribution in [-0.4, -0.2) is 33.3 Å². The number of nitrogens with zero attached hydrogens (tertiary/aromatic N) is 5. The van der Waals surface area contributed by atoms with Crippen LogP contribution < -0.4 is 4.74 Å². The number of aliphatic imine (C=N–C) groups is 1. The molecule has 6 heteroatoms. The summed E-state index contributed by atoms with van der Waals surface area (Å²) in [5.74, 6) is 1.19. The summed E-state index contributed by atoms with van der Waals surface area (Å²) in [5, 5.41) is 0. The molecule has 0 radical (unpaired) electrons. The zero-order valence-corrected chi connectivity index (χ0v) is 11.7. The number of hydrogen-bond acceptors (Lipinski definition) is 6. The third kappa shape index (κ3) is 2.84. The van der Waals surface area contributed by atoms with Gasteiger partial charge >= 0.3 is 0 Å². The molecule has 2 heterocycles. The Morgan fingerprint density at radius 2 is 2.00 bits per heavy atom. The normalized spacial score (nSPS) is 11.1. The summed E-state index contributed by atoms with van der Waals surface area (Å²) in [6.45, 7) is 2.00. The molecule has 2 aromatic heterocycles. The highest BCUT2D eigenvalue weighted by Crippen LogP contribution is 2.27. The second-order valence-electron chi connectivity index (χ2n) is 4.43. The van der Waals surface area contributed by atoms with Gasteiger partial charge < -0.3 is 4.74 Å². The van der Waals surface area contributed by atoms with Crippen LogP contribution in [0.1, 0.15) is 11.4 Å². The van der Waals surface area contributed by atoms with Crippen LogP contribution in [0.3, 0.4) is 0 Å². The minimum Gasteiger partial charge on any atom is -0.494 e. The Kier molecular flexibility index (Phi) is 3.51. The predicted molar refractivity (Wildman–Crippen MR) is 80.1 cm³/mol. The summed E-state index contributed by atoms with van der Waals surface area (Å²) in [4.78, 5) is 21.1. The molecule has 0 saturated heterocycles. The van der Waals surface area contributed by atoms with E-state index < -0.39 is 0 Å². The Labute approximate surface area is 121 Å². The van der Waals surface area contributed by atoms with E-state index in [4.69, 9.17) is 4.74 Å². The Bertz CT molecular complexity index is 816. The van der Waals surface area contributed by atoms with Crippen LogP contribution in [0.5, 0.6) is 5.75 Å². The highest BCUT2D eigenvalue weighted by atomic mass is 16.5. The van der Waals surface area contributed by atoms with Crippen LogP contribution in [0, 0.1) is 6.92 Å². The molecule has 0 spiro atoms. The highest BCUT2D eigenvalue weighted by molar-refractivity contribution is 5.81. The van der Waals surface area contributed by atoms with Crippen LogP contribution >= 0.6 is 0 Å². The minimum absolute atomic E-state index is 0.477. The highest BCUT2D eigenvalue weighted by Gasteiger charge is 2.02. The molecule has 6 nitrogen and oxygen atoms in total. The molecule has 21 heavy (non-hydrogen) atoms. The van der Waals surface area contributed by atoms with Gasteiger partial charge in [-0.05, 0) is 24.6 Å². The molecule has 0 amide bonds. The summed E-state index contributed by atoms with van der Waals surface area (Å²) in [5.41, 5.74) is 3.04. The summed E-state index contributed by atoms with van der Waals surface area (Å²) in [6, 6.07) is 5.80. The van der Waals surface area contributed by atoms with Crippen molar-refractivity contribution < 1.29 is 4.74 Å². The van der Waals surface area contributed by atoms with Crippen molar-refractivity contribution in [3.63, 3.8) is 0 Å². The second-order valence-corrected chi connectivity index (χ2v) is 4.43. The molecule has 0 aliphatic carbocycles. The number of fused-ring (bicyclic) bond motifs is 1. The van der Waals surface area contributed by atoms with Crippen LogP contribution in [-0.2, 0) is 0 Å². The van der Waals surface area contributed by atoms with E-state index in [0.717, 1.165) is 11.3 Å². The molecule has 0 saturated carbocycles. The first-order valence-electron chi connectivity index (χ1n) is 6.39. The van der Waals surface area contributed by atoms with Crippen molar-refractivity contribution in [3.8, 4) is 5.75 Å². The Balaban J connectivity index is 1.94. The van der Waals surface area contributed by atoms with Crippen LogP contribution in [0.15, 0.2) is 41.8 Å². The van der Waals surface area contributed by atoms with Gasteiger partial charge in [0.2, 0.25) is 0 Å². The maximum atomic E-state index is 5.31. The van der Waals surface area contributed by atoms with Gasteiger partial charge in [-0.3, -0.25) is 0 Å². The van der Waals surface area contributed by atoms with E-state index in [0.29, 0.717) is 22.7 Å². The standard InChI is InChI=1S/C15H13N5O/c1-10-3-4-11(13(7-10)21-2)18-9-14-19-8-12-15(20-14)17-6-5-16-12/h3-9H,1-2H3/b18-9-. The second kappa shape index (κ2) is 5.62. The maximum Gasteiger partial charge on any atom is 0.181 e. The number of aromatic nitrogens is 4. The number of rotatable bonds is 3. The molecule has 0 N–H and O–H groups in total. The monoisotopic (exact) mass is 279 g/mol. The summed E-state index contributed by atoms with van der Waals surface area (Å²) in [7, 11) is 1.62. The molecule has 0 fully saturated rings. The number of hydrogen-bond donors (Lipinski definition) is 0. The van der Waals surface area contributed by atoms with Crippen molar-refractivity contribution in [2.45, 2.75) is 6.92 Å². The zero-order chi connectivity index (χ0) is 14.7. The fourth-order valence-corrected chi connectivity index (χ4v) is 1.86. The summed E-state index contributed by atoms with van der Waals surface area (Å²) >= 11 is 0. The van der Waals surface area contributed by atoms with Gasteiger partial charge in [0, 0.05) is 12.4 Å². The lowest BCUT2D eigenvalue weighted by Gasteiger charge is -2.04. The van der Waals surface area contributed by atoms with E-state index in [-0.39, 0.29) is 0 Å². The Morgan fingerprint density at radius 3 is 2.86 bits per heavy atom. The van der Waals surface area contributed by atoms with Gasteiger partial charge in [-0.25, -0.2) is 24.9 Å². The molecule has 0 aliphatic rings. The van der Waals surface area contributed by atoms with Crippen molar-refractivity contribution in [1.82, 2.24) is 19.9 Å². The maximum absolute atomic E-state index is 5.31. The van der Waals surface area contributed by atoms with Crippen LogP contribution in [0.25, 0.3) is 11.2 Å². The minimum atomic E-state index is 0.477. The first-order valence-corrected chi connectivity index (χ1v) is 6.39. The smallest absolute Gasteiger partial charge is 0.181 e. The lowest BCUT2D eigenvalue weighted by atomic mass is 10.2. The molecular weight excluding hydrogens is 266 g/mol. The van der Waals surface area contributed by atoms with Crippen molar-refractivity contribution in [1.29, 1.82) is 0 Å². The SMILES string of the molecule is COc1cc(C)ccc1/N=C\c1ncc2nccnc2n1. The number of aryl methyl sites for hydroxylation is 1. The molecule has 0 atom stereocenters. The topological polar surface area (TPSA) is 73.2 Å². The van der Waals surface area contributed by atoms with E-state index in [1.807, 2.05) is 25.1 Å². The van der Waals surface area contributed by atoms with Crippen molar-refractivity contribution in [3.05, 3.63) is 48.2 Å². The first-order chi connectivity index (χ1) is 10.3. The lowest BCUT2D eigenvalue weighted by molar-refractivity contribution is 0.416. The van der Waals surface area contributed by atoms with Crippen LogP contribution in [0.2, 0.25) is 0 Å². The average molecular weight is 279 g/mol. The molecule has 3 rings (SSSR count). The fourth-order valence-electron chi connectivity index (χ4n) is 1.86. The van der Waals surface area contributed by atoms with Gasteiger partial charge in [-0.2, -0.15) is 0 Å². The zero-order valence-electron chi connectivity index (χ0n) is 11.7. The molecule has 0 aliphatic heterocycles. The van der Waals surface area contributed by atoms with Gasteiger partial charge in [0.1, 0.15) is 17.0 Å². The average Bonchev–Trinajstić information content (AvgIpc) is 2.53. The quantitative estimate of drug-likeness (QED) is 0.689. The fraction of sp³-hybridized carbons (Fsp3) is 0.133. The number of methoxy groups -OCH3 is 1. The predicted octanol–water partition coefficient (Wildman–Crippen LogP) is 2.49. The largest absolute Gasteiger partial charge is 0.494 e. The third-order valence-corrected chi connectivity index (χ3v) is 2.90. The molecule has 104 valence electrons. The van der Waals surface area contributed by atoms with Crippen molar-refractivity contribution in [2.75, 3.05) is 7.11 Å². The van der Waals surface area contributed by atoms with Gasteiger partial charge in [0.25, 0.3) is 0 Å². The number of benzene rings is 1. The van der Waals surface area contributed by atoms with E-state index in [1.54, 1.807) is 31.9 Å². The van der Waals surface area contributed by atoms with E-state index in [1.165, 1.54) is 0 Å². The first kappa shape index (κ1) is 13.1. The van der Waals surface area contributed by atoms with E-state index in [2.05, 4.69) is 24.9 Å². The molecular formula is C15H13N5O.